The van der Waals surface area contributed by atoms with Crippen molar-refractivity contribution in [3.63, 3.8) is 0 Å². The molecule has 7 nitrogen and oxygen atoms in total. The number of benzene rings is 2. The van der Waals surface area contributed by atoms with Crippen molar-refractivity contribution in [3.8, 4) is 23.0 Å². The number of aromatic nitrogens is 1. The Morgan fingerprint density at radius 2 is 1.72 bits per heavy atom. The zero-order valence-electron chi connectivity index (χ0n) is 14.0. The molecule has 0 bridgehead atoms. The number of fused-ring (bicyclic) bond motifs is 1. The molecule has 0 atom stereocenters. The average Bonchev–Trinajstić information content (AvgIpc) is 2.62. The Kier molecular flexibility index (Phi) is 4.38. The number of non-ortho nitro benzene ring substituents is 1. The minimum atomic E-state index is -0.478. The Balaban J connectivity index is 2.22. The van der Waals surface area contributed by atoms with Crippen LogP contribution in [0.3, 0.4) is 0 Å². The number of rotatable bonds is 5. The van der Waals surface area contributed by atoms with Gasteiger partial charge in [-0.05, 0) is 42.8 Å². The highest BCUT2D eigenvalue weighted by Gasteiger charge is 2.23. The quantitative estimate of drug-likeness (QED) is 0.510. The Labute approximate surface area is 143 Å². The molecular formula is C18H16N2O5. The van der Waals surface area contributed by atoms with E-state index in [1.54, 1.807) is 37.4 Å². The number of ether oxygens (including phenoxy) is 3. The highest BCUT2D eigenvalue weighted by Crippen LogP contribution is 2.43. The molecule has 0 saturated carbocycles. The van der Waals surface area contributed by atoms with Gasteiger partial charge in [0.25, 0.3) is 5.69 Å². The molecule has 0 aliphatic rings. The van der Waals surface area contributed by atoms with Gasteiger partial charge in [-0.2, -0.15) is 0 Å². The molecule has 3 aromatic rings. The summed E-state index contributed by atoms with van der Waals surface area (Å²) in [6.45, 7) is 1.84. The van der Waals surface area contributed by atoms with E-state index in [2.05, 4.69) is 4.98 Å². The van der Waals surface area contributed by atoms with Crippen LogP contribution in [0.5, 0.6) is 23.0 Å². The summed E-state index contributed by atoms with van der Waals surface area (Å²) in [4.78, 5) is 15.1. The van der Waals surface area contributed by atoms with E-state index in [0.29, 0.717) is 22.6 Å². The van der Waals surface area contributed by atoms with Crippen molar-refractivity contribution in [3.05, 3.63) is 58.3 Å². The number of hydrogen-bond acceptors (Lipinski definition) is 6. The molecule has 1 heterocycles. The number of nitro benzene ring substituents is 1. The zero-order valence-corrected chi connectivity index (χ0v) is 14.0. The highest BCUT2D eigenvalue weighted by atomic mass is 16.6. The van der Waals surface area contributed by atoms with Crippen molar-refractivity contribution < 1.29 is 19.1 Å². The lowest BCUT2D eigenvalue weighted by molar-refractivity contribution is -0.383. The molecule has 0 saturated heterocycles. The van der Waals surface area contributed by atoms with Crippen molar-refractivity contribution in [2.45, 2.75) is 6.92 Å². The maximum Gasteiger partial charge on any atom is 0.299 e. The fraction of sp³-hybridized carbons (Fsp3) is 0.167. The van der Waals surface area contributed by atoms with Gasteiger partial charge in [0.05, 0.1) is 30.6 Å². The van der Waals surface area contributed by atoms with Crippen LogP contribution in [0.15, 0.2) is 42.6 Å². The van der Waals surface area contributed by atoms with Gasteiger partial charge in [0, 0.05) is 6.20 Å². The van der Waals surface area contributed by atoms with Crippen LogP contribution in [0.1, 0.15) is 5.56 Å². The van der Waals surface area contributed by atoms with E-state index in [4.69, 9.17) is 14.2 Å². The van der Waals surface area contributed by atoms with E-state index in [1.165, 1.54) is 19.4 Å². The first kappa shape index (κ1) is 16.5. The fourth-order valence-electron chi connectivity index (χ4n) is 2.57. The van der Waals surface area contributed by atoms with Gasteiger partial charge in [-0.1, -0.05) is 0 Å². The first-order chi connectivity index (χ1) is 12.0. The topological polar surface area (TPSA) is 83.7 Å². The molecule has 2 aromatic carbocycles. The third kappa shape index (κ3) is 3.03. The standard InChI is InChI=1S/C18H16N2O5/c1-11-8-9-19-17-14(20(21)22)10-15(24-3)18(16(11)17)25-13-6-4-12(23-2)5-7-13/h4-10H,1-3H3. The second kappa shape index (κ2) is 6.64. The Morgan fingerprint density at radius 3 is 2.32 bits per heavy atom. The van der Waals surface area contributed by atoms with Crippen LogP contribution in [0.2, 0.25) is 0 Å². The summed E-state index contributed by atoms with van der Waals surface area (Å²) < 4.78 is 16.5. The van der Waals surface area contributed by atoms with Gasteiger partial charge in [-0.25, -0.2) is 4.98 Å². The maximum atomic E-state index is 11.4. The normalized spacial score (nSPS) is 10.5. The lowest BCUT2D eigenvalue weighted by Gasteiger charge is -2.15. The number of pyridine rings is 1. The molecule has 0 fully saturated rings. The number of nitro groups is 1. The number of aryl methyl sites for hydroxylation is 1. The Morgan fingerprint density at radius 1 is 1.04 bits per heavy atom. The molecular weight excluding hydrogens is 324 g/mol. The zero-order chi connectivity index (χ0) is 18.0. The average molecular weight is 340 g/mol. The van der Waals surface area contributed by atoms with Crippen molar-refractivity contribution >= 4 is 16.6 Å². The number of nitrogens with zero attached hydrogens (tertiary/aromatic N) is 2. The predicted octanol–water partition coefficient (Wildman–Crippen LogP) is 4.26. The lowest BCUT2D eigenvalue weighted by Crippen LogP contribution is -1.99. The van der Waals surface area contributed by atoms with E-state index in [1.807, 2.05) is 6.92 Å². The van der Waals surface area contributed by atoms with Gasteiger partial charge < -0.3 is 14.2 Å². The SMILES string of the molecule is COc1ccc(Oc2c(OC)cc([N+](=O)[O-])c3nccc(C)c23)cc1. The largest absolute Gasteiger partial charge is 0.497 e. The van der Waals surface area contributed by atoms with Gasteiger partial charge in [-0.15, -0.1) is 0 Å². The van der Waals surface area contributed by atoms with Crippen molar-refractivity contribution in [2.75, 3.05) is 14.2 Å². The molecule has 0 N–H and O–H groups in total. The van der Waals surface area contributed by atoms with E-state index in [-0.39, 0.29) is 17.0 Å². The van der Waals surface area contributed by atoms with Crippen LogP contribution in [-0.4, -0.2) is 24.1 Å². The maximum absolute atomic E-state index is 11.4. The minimum absolute atomic E-state index is 0.127. The molecule has 0 spiro atoms. The third-order valence-corrected chi connectivity index (χ3v) is 3.82. The molecule has 0 aliphatic heterocycles. The summed E-state index contributed by atoms with van der Waals surface area (Å²) in [6.07, 6.45) is 1.54. The smallest absolute Gasteiger partial charge is 0.299 e. The fourth-order valence-corrected chi connectivity index (χ4v) is 2.57. The molecule has 0 radical (unpaired) electrons. The molecule has 0 amide bonds. The van der Waals surface area contributed by atoms with Crippen LogP contribution in [0.25, 0.3) is 10.9 Å². The van der Waals surface area contributed by atoms with E-state index in [9.17, 15) is 10.1 Å². The molecule has 0 unspecified atom stereocenters. The first-order valence-corrected chi connectivity index (χ1v) is 7.47. The predicted molar refractivity (Wildman–Crippen MR) is 92.8 cm³/mol. The summed E-state index contributed by atoms with van der Waals surface area (Å²) in [5, 5.41) is 11.9. The van der Waals surface area contributed by atoms with Crippen molar-refractivity contribution in [2.24, 2.45) is 0 Å². The first-order valence-electron chi connectivity index (χ1n) is 7.47. The summed E-state index contributed by atoms with van der Waals surface area (Å²) in [7, 11) is 3.02. The molecule has 7 heteroatoms. The van der Waals surface area contributed by atoms with E-state index >= 15 is 0 Å². The van der Waals surface area contributed by atoms with Crippen LogP contribution in [-0.2, 0) is 0 Å². The summed E-state index contributed by atoms with van der Waals surface area (Å²) >= 11 is 0. The molecule has 0 aliphatic carbocycles. The second-order valence-electron chi connectivity index (χ2n) is 5.31. The molecule has 25 heavy (non-hydrogen) atoms. The summed E-state index contributed by atoms with van der Waals surface area (Å²) in [5.41, 5.74) is 0.933. The van der Waals surface area contributed by atoms with Crippen LogP contribution < -0.4 is 14.2 Å². The van der Waals surface area contributed by atoms with Gasteiger partial charge in [0.1, 0.15) is 11.5 Å². The minimum Gasteiger partial charge on any atom is -0.497 e. The van der Waals surface area contributed by atoms with E-state index in [0.717, 1.165) is 5.56 Å². The summed E-state index contributed by atoms with van der Waals surface area (Å²) in [5.74, 6) is 1.91. The van der Waals surface area contributed by atoms with Gasteiger partial charge in [0.15, 0.2) is 17.0 Å². The lowest BCUT2D eigenvalue weighted by atomic mass is 10.1. The summed E-state index contributed by atoms with van der Waals surface area (Å²) in [6, 6.07) is 10.1. The Bertz CT molecular complexity index is 938. The number of hydrogen-bond donors (Lipinski definition) is 0. The van der Waals surface area contributed by atoms with Crippen molar-refractivity contribution in [1.29, 1.82) is 0 Å². The molecule has 128 valence electrons. The van der Waals surface area contributed by atoms with E-state index < -0.39 is 4.92 Å². The van der Waals surface area contributed by atoms with Gasteiger partial charge in [0.2, 0.25) is 0 Å². The monoisotopic (exact) mass is 340 g/mol. The third-order valence-electron chi connectivity index (χ3n) is 3.82. The van der Waals surface area contributed by atoms with Crippen LogP contribution in [0, 0.1) is 17.0 Å². The highest BCUT2D eigenvalue weighted by molar-refractivity contribution is 5.97. The Hall–Kier alpha value is -3.35. The van der Waals surface area contributed by atoms with Crippen molar-refractivity contribution in [1.82, 2.24) is 4.98 Å². The van der Waals surface area contributed by atoms with Crippen LogP contribution in [0.4, 0.5) is 5.69 Å². The van der Waals surface area contributed by atoms with Gasteiger partial charge in [-0.3, -0.25) is 10.1 Å². The number of methoxy groups -OCH3 is 2. The molecule has 1 aromatic heterocycles. The second-order valence-corrected chi connectivity index (χ2v) is 5.31. The van der Waals surface area contributed by atoms with Gasteiger partial charge >= 0.3 is 0 Å². The molecule has 3 rings (SSSR count). The van der Waals surface area contributed by atoms with Crippen LogP contribution >= 0.6 is 0 Å².